The minimum atomic E-state index is 0.537. The fourth-order valence-electron chi connectivity index (χ4n) is 1.79. The van der Waals surface area contributed by atoms with E-state index in [1.54, 1.807) is 0 Å². The molecule has 0 spiro atoms. The predicted octanol–water partition coefficient (Wildman–Crippen LogP) is 4.15. The van der Waals surface area contributed by atoms with E-state index in [0.29, 0.717) is 11.8 Å². The third kappa shape index (κ3) is 2.26. The fourth-order valence-corrected chi connectivity index (χ4v) is 1.79. The third-order valence-corrected chi connectivity index (χ3v) is 2.71. The van der Waals surface area contributed by atoms with Crippen molar-refractivity contribution < 1.29 is 4.42 Å². The molecule has 1 heterocycles. The van der Waals surface area contributed by atoms with Gasteiger partial charge in [-0.15, -0.1) is 0 Å². The van der Waals surface area contributed by atoms with Crippen LogP contribution in [0.15, 0.2) is 22.6 Å². The number of hydrogen-bond donors (Lipinski definition) is 0. The largest absolute Gasteiger partial charge is 0.441 e. The van der Waals surface area contributed by atoms with Gasteiger partial charge in [0.05, 0.1) is 0 Å². The molecule has 86 valence electrons. The normalized spacial score (nSPS) is 11.9. The standard InChI is InChI=1S/C14H19NO/c1-9(2)7-14-15-12-8-11(10(3)4)5-6-13(12)16-14/h5-6,8-10H,7H2,1-4H3. The molecule has 0 saturated carbocycles. The first kappa shape index (κ1) is 11.2. The Morgan fingerprint density at radius 3 is 2.56 bits per heavy atom. The van der Waals surface area contributed by atoms with Crippen LogP contribution in [0.2, 0.25) is 0 Å². The molecule has 1 aromatic heterocycles. The zero-order valence-corrected chi connectivity index (χ0v) is 10.4. The van der Waals surface area contributed by atoms with Crippen LogP contribution in [0.5, 0.6) is 0 Å². The fraction of sp³-hybridized carbons (Fsp3) is 0.500. The van der Waals surface area contributed by atoms with E-state index in [4.69, 9.17) is 4.42 Å². The Hall–Kier alpha value is -1.31. The second-order valence-electron chi connectivity index (χ2n) is 5.09. The Morgan fingerprint density at radius 2 is 1.94 bits per heavy atom. The summed E-state index contributed by atoms with van der Waals surface area (Å²) in [6.45, 7) is 8.73. The highest BCUT2D eigenvalue weighted by Crippen LogP contribution is 2.22. The van der Waals surface area contributed by atoms with Crippen LogP contribution in [0.4, 0.5) is 0 Å². The zero-order chi connectivity index (χ0) is 11.7. The average Bonchev–Trinajstić information content (AvgIpc) is 2.56. The van der Waals surface area contributed by atoms with Gasteiger partial charge < -0.3 is 4.42 Å². The van der Waals surface area contributed by atoms with Crippen molar-refractivity contribution in [2.45, 2.75) is 40.0 Å². The number of fused-ring (bicyclic) bond motifs is 1. The van der Waals surface area contributed by atoms with Crippen LogP contribution in [0.25, 0.3) is 11.1 Å². The van der Waals surface area contributed by atoms with E-state index in [9.17, 15) is 0 Å². The number of aromatic nitrogens is 1. The van der Waals surface area contributed by atoms with Gasteiger partial charge in [-0.25, -0.2) is 4.98 Å². The lowest BCUT2D eigenvalue weighted by molar-refractivity contribution is 0.482. The van der Waals surface area contributed by atoms with Gasteiger partial charge in [0.2, 0.25) is 0 Å². The summed E-state index contributed by atoms with van der Waals surface area (Å²) in [6, 6.07) is 6.28. The maximum Gasteiger partial charge on any atom is 0.195 e. The molecular weight excluding hydrogens is 198 g/mol. The first-order valence-electron chi connectivity index (χ1n) is 5.95. The molecule has 2 heteroatoms. The highest BCUT2D eigenvalue weighted by Gasteiger charge is 2.09. The van der Waals surface area contributed by atoms with Crippen LogP contribution in [-0.4, -0.2) is 4.98 Å². The Morgan fingerprint density at radius 1 is 1.19 bits per heavy atom. The Balaban J connectivity index is 2.38. The van der Waals surface area contributed by atoms with Crippen molar-refractivity contribution in [1.82, 2.24) is 4.98 Å². The van der Waals surface area contributed by atoms with Crippen molar-refractivity contribution in [3.63, 3.8) is 0 Å². The lowest BCUT2D eigenvalue weighted by atomic mass is 10.0. The predicted molar refractivity (Wildman–Crippen MR) is 66.6 cm³/mol. The highest BCUT2D eigenvalue weighted by molar-refractivity contribution is 5.73. The van der Waals surface area contributed by atoms with Crippen LogP contribution < -0.4 is 0 Å². The van der Waals surface area contributed by atoms with E-state index in [1.807, 2.05) is 6.07 Å². The molecule has 0 aliphatic heterocycles. The van der Waals surface area contributed by atoms with E-state index in [-0.39, 0.29) is 0 Å². The molecule has 0 N–H and O–H groups in total. The Bertz CT molecular complexity index is 482. The summed E-state index contributed by atoms with van der Waals surface area (Å²) < 4.78 is 5.70. The van der Waals surface area contributed by atoms with E-state index < -0.39 is 0 Å². The smallest absolute Gasteiger partial charge is 0.195 e. The number of rotatable bonds is 3. The first-order chi connectivity index (χ1) is 7.56. The van der Waals surface area contributed by atoms with Crippen LogP contribution >= 0.6 is 0 Å². The molecule has 0 aliphatic rings. The zero-order valence-electron chi connectivity index (χ0n) is 10.4. The summed E-state index contributed by atoms with van der Waals surface area (Å²) in [7, 11) is 0. The highest BCUT2D eigenvalue weighted by atomic mass is 16.3. The Labute approximate surface area is 96.7 Å². The summed E-state index contributed by atoms with van der Waals surface area (Å²) in [4.78, 5) is 4.53. The molecule has 0 aliphatic carbocycles. The van der Waals surface area contributed by atoms with Gasteiger partial charge >= 0.3 is 0 Å². The summed E-state index contributed by atoms with van der Waals surface area (Å²) in [5.41, 5.74) is 3.21. The van der Waals surface area contributed by atoms with Crippen molar-refractivity contribution in [2.75, 3.05) is 0 Å². The lowest BCUT2D eigenvalue weighted by Gasteiger charge is -2.02. The van der Waals surface area contributed by atoms with Crippen molar-refractivity contribution in [1.29, 1.82) is 0 Å². The van der Waals surface area contributed by atoms with Gasteiger partial charge in [0.1, 0.15) is 5.52 Å². The van der Waals surface area contributed by atoms with Crippen molar-refractivity contribution in [3.05, 3.63) is 29.7 Å². The second kappa shape index (κ2) is 4.28. The van der Waals surface area contributed by atoms with Gasteiger partial charge in [0, 0.05) is 6.42 Å². The maximum atomic E-state index is 5.70. The molecule has 0 amide bonds. The quantitative estimate of drug-likeness (QED) is 0.772. The molecule has 0 atom stereocenters. The number of benzene rings is 1. The molecule has 2 rings (SSSR count). The summed E-state index contributed by atoms with van der Waals surface area (Å²) in [5, 5.41) is 0. The molecule has 1 aromatic carbocycles. The summed E-state index contributed by atoms with van der Waals surface area (Å²) in [5.74, 6) is 1.97. The number of hydrogen-bond acceptors (Lipinski definition) is 2. The first-order valence-corrected chi connectivity index (χ1v) is 5.95. The van der Waals surface area contributed by atoms with E-state index in [1.165, 1.54) is 5.56 Å². The average molecular weight is 217 g/mol. The van der Waals surface area contributed by atoms with Gasteiger partial charge in [0.15, 0.2) is 11.5 Å². The summed E-state index contributed by atoms with van der Waals surface area (Å²) in [6.07, 6.45) is 0.908. The van der Waals surface area contributed by atoms with Crippen molar-refractivity contribution in [2.24, 2.45) is 5.92 Å². The van der Waals surface area contributed by atoms with E-state index >= 15 is 0 Å². The molecule has 2 nitrogen and oxygen atoms in total. The third-order valence-electron chi connectivity index (χ3n) is 2.71. The SMILES string of the molecule is CC(C)Cc1nc2cc(C(C)C)ccc2o1. The minimum Gasteiger partial charge on any atom is -0.441 e. The lowest BCUT2D eigenvalue weighted by Crippen LogP contribution is -1.93. The minimum absolute atomic E-state index is 0.537. The molecule has 0 bridgehead atoms. The van der Waals surface area contributed by atoms with Crippen LogP contribution in [0.1, 0.15) is 45.1 Å². The summed E-state index contributed by atoms with van der Waals surface area (Å²) >= 11 is 0. The molecule has 2 aromatic rings. The van der Waals surface area contributed by atoms with Gasteiger partial charge in [-0.1, -0.05) is 33.8 Å². The van der Waals surface area contributed by atoms with E-state index in [0.717, 1.165) is 23.4 Å². The van der Waals surface area contributed by atoms with Gasteiger partial charge in [0.25, 0.3) is 0 Å². The molecule has 16 heavy (non-hydrogen) atoms. The number of oxazole rings is 1. The topological polar surface area (TPSA) is 26.0 Å². The van der Waals surface area contributed by atoms with Crippen molar-refractivity contribution >= 4 is 11.1 Å². The van der Waals surface area contributed by atoms with E-state index in [2.05, 4.69) is 44.8 Å². The number of nitrogens with zero attached hydrogens (tertiary/aromatic N) is 1. The molecule has 0 saturated heterocycles. The monoisotopic (exact) mass is 217 g/mol. The van der Waals surface area contributed by atoms with Gasteiger partial charge in [-0.05, 0) is 29.5 Å². The molecular formula is C14H19NO. The van der Waals surface area contributed by atoms with Crippen LogP contribution in [0, 0.1) is 5.92 Å². The second-order valence-corrected chi connectivity index (χ2v) is 5.09. The van der Waals surface area contributed by atoms with Crippen molar-refractivity contribution in [3.8, 4) is 0 Å². The Kier molecular flexibility index (Phi) is 2.99. The van der Waals surface area contributed by atoms with Gasteiger partial charge in [-0.2, -0.15) is 0 Å². The maximum absolute atomic E-state index is 5.70. The van der Waals surface area contributed by atoms with Crippen LogP contribution in [-0.2, 0) is 6.42 Å². The molecule has 0 unspecified atom stereocenters. The molecule has 0 fully saturated rings. The molecule has 0 radical (unpaired) electrons. The van der Waals surface area contributed by atoms with Crippen LogP contribution in [0.3, 0.4) is 0 Å². The van der Waals surface area contributed by atoms with Gasteiger partial charge in [-0.3, -0.25) is 0 Å².